The van der Waals surface area contributed by atoms with Crippen LogP contribution in [-0.4, -0.2) is 34.6 Å². The molecule has 1 N–H and O–H groups in total. The zero-order chi connectivity index (χ0) is 14.0. The van der Waals surface area contributed by atoms with Gasteiger partial charge in [-0.25, -0.2) is 0 Å². The molecule has 1 aliphatic carbocycles. The molecular formula is C17H23NO2. The van der Waals surface area contributed by atoms with Crippen molar-refractivity contribution in [3.63, 3.8) is 0 Å². The summed E-state index contributed by atoms with van der Waals surface area (Å²) >= 11 is 0. The lowest BCUT2D eigenvalue weighted by Crippen LogP contribution is -2.58. The van der Waals surface area contributed by atoms with Crippen molar-refractivity contribution in [2.45, 2.75) is 50.5 Å². The largest absolute Gasteiger partial charge is 0.480 e. The van der Waals surface area contributed by atoms with Gasteiger partial charge in [0.15, 0.2) is 0 Å². The fourth-order valence-corrected chi connectivity index (χ4v) is 3.81. The summed E-state index contributed by atoms with van der Waals surface area (Å²) in [6, 6.07) is 8.32. The van der Waals surface area contributed by atoms with Crippen LogP contribution in [0, 0.1) is 0 Å². The molecule has 1 saturated heterocycles. The molecule has 0 bridgehead atoms. The average Bonchev–Trinajstić information content (AvgIpc) is 2.76. The number of carbonyl (C=O) groups is 1. The first-order valence-corrected chi connectivity index (χ1v) is 7.78. The zero-order valence-electron chi connectivity index (χ0n) is 12.0. The van der Waals surface area contributed by atoms with Crippen molar-refractivity contribution in [1.82, 2.24) is 4.90 Å². The van der Waals surface area contributed by atoms with Crippen molar-refractivity contribution in [2.24, 2.45) is 0 Å². The SMILES string of the molecule is O=C(O)C1(N2CCCCCC2)CCc2ccccc2C1. The Bertz CT molecular complexity index is 492. The Labute approximate surface area is 120 Å². The molecule has 3 heteroatoms. The Balaban J connectivity index is 1.91. The number of benzene rings is 1. The number of carboxylic acid groups (broad SMARTS) is 1. The van der Waals surface area contributed by atoms with Crippen LogP contribution in [0.4, 0.5) is 0 Å². The van der Waals surface area contributed by atoms with E-state index in [0.717, 1.165) is 38.8 Å². The molecule has 1 aromatic rings. The Hall–Kier alpha value is -1.35. The zero-order valence-corrected chi connectivity index (χ0v) is 12.0. The molecule has 0 amide bonds. The quantitative estimate of drug-likeness (QED) is 0.900. The number of carboxylic acids is 1. The number of likely N-dealkylation sites (tertiary alicyclic amines) is 1. The van der Waals surface area contributed by atoms with Gasteiger partial charge in [0, 0.05) is 6.42 Å². The van der Waals surface area contributed by atoms with E-state index in [0.29, 0.717) is 6.42 Å². The van der Waals surface area contributed by atoms with E-state index in [1.165, 1.54) is 24.0 Å². The molecule has 1 aromatic carbocycles. The molecule has 2 aliphatic rings. The Kier molecular flexibility index (Phi) is 3.79. The lowest BCUT2D eigenvalue weighted by atomic mass is 9.76. The molecule has 108 valence electrons. The van der Waals surface area contributed by atoms with Crippen LogP contribution in [0.5, 0.6) is 0 Å². The van der Waals surface area contributed by atoms with Crippen LogP contribution in [0.2, 0.25) is 0 Å². The lowest BCUT2D eigenvalue weighted by molar-refractivity contribution is -0.152. The van der Waals surface area contributed by atoms with Crippen LogP contribution >= 0.6 is 0 Å². The average molecular weight is 273 g/mol. The van der Waals surface area contributed by atoms with Crippen molar-refractivity contribution >= 4 is 5.97 Å². The van der Waals surface area contributed by atoms with Crippen LogP contribution in [0.25, 0.3) is 0 Å². The molecule has 1 fully saturated rings. The highest BCUT2D eigenvalue weighted by Gasteiger charge is 2.46. The van der Waals surface area contributed by atoms with Crippen molar-refractivity contribution in [1.29, 1.82) is 0 Å². The second kappa shape index (κ2) is 5.57. The number of aliphatic carboxylic acids is 1. The van der Waals surface area contributed by atoms with Crippen molar-refractivity contribution < 1.29 is 9.90 Å². The second-order valence-electron chi connectivity index (χ2n) is 6.18. The van der Waals surface area contributed by atoms with Gasteiger partial charge < -0.3 is 5.11 Å². The summed E-state index contributed by atoms with van der Waals surface area (Å²) < 4.78 is 0. The minimum absolute atomic E-state index is 0.631. The van der Waals surface area contributed by atoms with E-state index < -0.39 is 11.5 Å². The van der Waals surface area contributed by atoms with Gasteiger partial charge in [-0.1, -0.05) is 37.1 Å². The van der Waals surface area contributed by atoms with E-state index >= 15 is 0 Å². The molecular weight excluding hydrogens is 250 g/mol. The van der Waals surface area contributed by atoms with Crippen LogP contribution in [0.15, 0.2) is 24.3 Å². The van der Waals surface area contributed by atoms with Crippen LogP contribution < -0.4 is 0 Å². The molecule has 0 spiro atoms. The first-order valence-electron chi connectivity index (χ1n) is 7.78. The Morgan fingerprint density at radius 2 is 1.70 bits per heavy atom. The monoisotopic (exact) mass is 273 g/mol. The predicted octanol–water partition coefficient (Wildman–Crippen LogP) is 2.87. The summed E-state index contributed by atoms with van der Waals surface area (Å²) in [5.41, 5.74) is 1.89. The van der Waals surface area contributed by atoms with E-state index in [1.54, 1.807) is 0 Å². The maximum atomic E-state index is 12.1. The van der Waals surface area contributed by atoms with Crippen molar-refractivity contribution in [2.75, 3.05) is 13.1 Å². The maximum absolute atomic E-state index is 12.1. The third-order valence-electron chi connectivity index (χ3n) is 5.02. The van der Waals surface area contributed by atoms with Gasteiger partial charge in [-0.15, -0.1) is 0 Å². The normalized spacial score (nSPS) is 27.6. The van der Waals surface area contributed by atoms with E-state index in [1.807, 2.05) is 6.07 Å². The molecule has 0 aromatic heterocycles. The number of nitrogens with zero attached hydrogens (tertiary/aromatic N) is 1. The molecule has 1 heterocycles. The molecule has 0 saturated carbocycles. The molecule has 1 aliphatic heterocycles. The number of rotatable bonds is 2. The van der Waals surface area contributed by atoms with Gasteiger partial charge in [0.25, 0.3) is 0 Å². The molecule has 1 atom stereocenters. The maximum Gasteiger partial charge on any atom is 0.324 e. The minimum Gasteiger partial charge on any atom is -0.480 e. The van der Waals surface area contributed by atoms with Crippen molar-refractivity contribution in [3.05, 3.63) is 35.4 Å². The number of fused-ring (bicyclic) bond motifs is 1. The van der Waals surface area contributed by atoms with Crippen LogP contribution in [-0.2, 0) is 17.6 Å². The second-order valence-corrected chi connectivity index (χ2v) is 6.18. The van der Waals surface area contributed by atoms with Gasteiger partial charge in [-0.2, -0.15) is 0 Å². The summed E-state index contributed by atoms with van der Waals surface area (Å²) in [5.74, 6) is -0.631. The lowest BCUT2D eigenvalue weighted by Gasteiger charge is -2.43. The van der Waals surface area contributed by atoms with Gasteiger partial charge in [0.05, 0.1) is 0 Å². The molecule has 20 heavy (non-hydrogen) atoms. The highest BCUT2D eigenvalue weighted by Crippen LogP contribution is 2.35. The summed E-state index contributed by atoms with van der Waals surface area (Å²) in [7, 11) is 0. The number of hydrogen-bond donors (Lipinski definition) is 1. The minimum atomic E-state index is -0.668. The fourth-order valence-electron chi connectivity index (χ4n) is 3.81. The van der Waals surface area contributed by atoms with E-state index in [4.69, 9.17) is 0 Å². The third kappa shape index (κ3) is 2.35. The van der Waals surface area contributed by atoms with E-state index in [9.17, 15) is 9.90 Å². The highest BCUT2D eigenvalue weighted by atomic mass is 16.4. The molecule has 1 unspecified atom stereocenters. The van der Waals surface area contributed by atoms with E-state index in [2.05, 4.69) is 23.1 Å². The van der Waals surface area contributed by atoms with Gasteiger partial charge in [0.2, 0.25) is 0 Å². The molecule has 3 rings (SSSR count). The van der Waals surface area contributed by atoms with Crippen molar-refractivity contribution in [3.8, 4) is 0 Å². The summed E-state index contributed by atoms with van der Waals surface area (Å²) in [6.45, 7) is 1.88. The van der Waals surface area contributed by atoms with Gasteiger partial charge in [0.1, 0.15) is 5.54 Å². The van der Waals surface area contributed by atoms with Gasteiger partial charge in [-0.05, 0) is 49.9 Å². The fraction of sp³-hybridized carbons (Fsp3) is 0.588. The molecule has 3 nitrogen and oxygen atoms in total. The van der Waals surface area contributed by atoms with Gasteiger partial charge >= 0.3 is 5.97 Å². The Morgan fingerprint density at radius 3 is 2.35 bits per heavy atom. The number of hydrogen-bond acceptors (Lipinski definition) is 2. The number of aryl methyl sites for hydroxylation is 1. The topological polar surface area (TPSA) is 40.5 Å². The highest BCUT2D eigenvalue weighted by molar-refractivity contribution is 5.80. The predicted molar refractivity (Wildman–Crippen MR) is 78.9 cm³/mol. The first kappa shape index (κ1) is 13.6. The summed E-state index contributed by atoms with van der Waals surface area (Å²) in [6.07, 6.45) is 7.05. The third-order valence-corrected chi connectivity index (χ3v) is 5.02. The van der Waals surface area contributed by atoms with Crippen LogP contribution in [0.1, 0.15) is 43.2 Å². The van der Waals surface area contributed by atoms with Crippen LogP contribution in [0.3, 0.4) is 0 Å². The first-order chi connectivity index (χ1) is 9.72. The Morgan fingerprint density at radius 1 is 1.05 bits per heavy atom. The van der Waals surface area contributed by atoms with Gasteiger partial charge in [-0.3, -0.25) is 9.69 Å². The smallest absolute Gasteiger partial charge is 0.324 e. The summed E-state index contributed by atoms with van der Waals surface area (Å²) in [5, 5.41) is 9.92. The summed E-state index contributed by atoms with van der Waals surface area (Å²) in [4.78, 5) is 14.3. The standard InChI is InChI=1S/C17H23NO2/c19-16(20)17(18-11-5-1-2-6-12-18)10-9-14-7-3-4-8-15(14)13-17/h3-4,7-8H,1-2,5-6,9-13H2,(H,19,20). The van der Waals surface area contributed by atoms with E-state index in [-0.39, 0.29) is 0 Å². The molecule has 0 radical (unpaired) electrons.